The van der Waals surface area contributed by atoms with Gasteiger partial charge in [-0.3, -0.25) is 4.79 Å². The average Bonchev–Trinajstić information content (AvgIpc) is 2.60. The summed E-state index contributed by atoms with van der Waals surface area (Å²) in [6.07, 6.45) is 20.2. The number of rotatable bonds is 16. The van der Waals surface area contributed by atoms with E-state index in [1.165, 1.54) is 48.8 Å². The van der Waals surface area contributed by atoms with Gasteiger partial charge in [0, 0.05) is 6.42 Å². The first kappa shape index (κ1) is 25.7. The molecule has 2 heteroatoms. The van der Waals surface area contributed by atoms with Crippen molar-refractivity contribution >= 4 is 5.97 Å². The summed E-state index contributed by atoms with van der Waals surface area (Å²) in [6.45, 7) is 11.3. The number of ether oxygens (including phenoxy) is 1. The molecule has 0 N–H and O–H groups in total. The largest absolute Gasteiger partial charge is 0.461 e. The Morgan fingerprint density at radius 2 is 1.26 bits per heavy atom. The molecule has 0 aromatic heterocycles. The van der Waals surface area contributed by atoms with Gasteiger partial charge in [0.2, 0.25) is 0 Å². The molecule has 0 spiro atoms. The van der Waals surface area contributed by atoms with Gasteiger partial charge in [0.1, 0.15) is 6.61 Å². The second kappa shape index (κ2) is 18.1. The van der Waals surface area contributed by atoms with E-state index in [4.69, 9.17) is 4.74 Å². The second-order valence-electron chi connectivity index (χ2n) is 8.01. The van der Waals surface area contributed by atoms with E-state index in [1.807, 2.05) is 0 Å². The van der Waals surface area contributed by atoms with Gasteiger partial charge in [-0.05, 0) is 65.9 Å². The molecule has 2 nitrogen and oxygen atoms in total. The molecule has 0 unspecified atom stereocenters. The highest BCUT2D eigenvalue weighted by Gasteiger charge is 2.01. The first-order valence-corrected chi connectivity index (χ1v) is 11.1. The minimum atomic E-state index is -0.0531. The third-order valence-electron chi connectivity index (χ3n) is 4.78. The van der Waals surface area contributed by atoms with Crippen molar-refractivity contribution in [1.82, 2.24) is 0 Å². The minimum Gasteiger partial charge on any atom is -0.461 e. The molecule has 0 fully saturated rings. The Hall–Kier alpha value is -1.31. The van der Waals surface area contributed by atoms with Crippen molar-refractivity contribution in [3.05, 3.63) is 34.9 Å². The molecule has 27 heavy (non-hydrogen) atoms. The summed E-state index contributed by atoms with van der Waals surface area (Å²) in [5, 5.41) is 0. The van der Waals surface area contributed by atoms with Crippen LogP contribution in [-0.2, 0) is 9.53 Å². The molecule has 0 saturated carbocycles. The first-order valence-electron chi connectivity index (χ1n) is 11.1. The Morgan fingerprint density at radius 1 is 0.704 bits per heavy atom. The second-order valence-corrected chi connectivity index (χ2v) is 8.01. The van der Waals surface area contributed by atoms with E-state index in [0.29, 0.717) is 13.0 Å². The van der Waals surface area contributed by atoms with Gasteiger partial charge in [0.15, 0.2) is 0 Å². The first-order chi connectivity index (χ1) is 13.0. The van der Waals surface area contributed by atoms with Crippen LogP contribution in [0.25, 0.3) is 0 Å². The number of allylic oxidation sites excluding steroid dienone is 5. The number of hydrogen-bond donors (Lipinski definition) is 0. The van der Waals surface area contributed by atoms with E-state index in [1.54, 1.807) is 0 Å². The van der Waals surface area contributed by atoms with Crippen molar-refractivity contribution in [2.45, 2.75) is 112 Å². The van der Waals surface area contributed by atoms with Crippen LogP contribution in [0.3, 0.4) is 0 Å². The van der Waals surface area contributed by atoms with Crippen LogP contribution in [0, 0.1) is 0 Å². The Bertz CT molecular complexity index is 465. The fourth-order valence-electron chi connectivity index (χ4n) is 2.91. The molecule has 0 saturated heterocycles. The number of carbonyl (C=O) groups excluding carboxylic acids is 1. The Morgan fingerprint density at radius 3 is 1.89 bits per heavy atom. The number of esters is 1. The molecule has 0 aliphatic heterocycles. The van der Waals surface area contributed by atoms with Gasteiger partial charge in [0.05, 0.1) is 0 Å². The van der Waals surface area contributed by atoms with Crippen LogP contribution in [0.5, 0.6) is 0 Å². The van der Waals surface area contributed by atoms with Crippen molar-refractivity contribution in [3.8, 4) is 0 Å². The lowest BCUT2D eigenvalue weighted by Crippen LogP contribution is -2.04. The molecule has 0 amide bonds. The standard InChI is InChI=1S/C25H44O2/c1-6-7-8-9-10-11-12-19-25(26)27-21-20-24(5)18-14-17-23(4)16-13-15-22(2)3/h15,17,20H,6-14,16,18-19,21H2,1-5H3/b23-17+,24-20-. The van der Waals surface area contributed by atoms with E-state index in [0.717, 1.165) is 38.5 Å². The topological polar surface area (TPSA) is 26.3 Å². The summed E-state index contributed by atoms with van der Waals surface area (Å²) in [7, 11) is 0. The van der Waals surface area contributed by atoms with E-state index in [-0.39, 0.29) is 5.97 Å². The molecule has 156 valence electrons. The fraction of sp³-hybridized carbons (Fsp3) is 0.720. The maximum Gasteiger partial charge on any atom is 0.306 e. The molecule has 0 rings (SSSR count). The quantitative estimate of drug-likeness (QED) is 0.154. The lowest BCUT2D eigenvalue weighted by atomic mass is 10.1. The molecular weight excluding hydrogens is 332 g/mol. The number of unbranched alkanes of at least 4 members (excludes halogenated alkanes) is 6. The van der Waals surface area contributed by atoms with E-state index < -0.39 is 0 Å². The highest BCUT2D eigenvalue weighted by atomic mass is 16.5. The van der Waals surface area contributed by atoms with Crippen LogP contribution in [0.4, 0.5) is 0 Å². The van der Waals surface area contributed by atoms with Gasteiger partial charge < -0.3 is 4.74 Å². The van der Waals surface area contributed by atoms with Crippen molar-refractivity contribution in [1.29, 1.82) is 0 Å². The SMILES string of the molecule is CCCCCCCCCC(=O)OC/C=C(/C)CC/C=C(\C)CCC=C(C)C. The van der Waals surface area contributed by atoms with Crippen molar-refractivity contribution in [3.63, 3.8) is 0 Å². The van der Waals surface area contributed by atoms with E-state index >= 15 is 0 Å². The molecule has 0 aliphatic rings. The van der Waals surface area contributed by atoms with Crippen molar-refractivity contribution < 1.29 is 9.53 Å². The number of carbonyl (C=O) groups is 1. The van der Waals surface area contributed by atoms with Gasteiger partial charge in [-0.15, -0.1) is 0 Å². The molecule has 0 atom stereocenters. The smallest absolute Gasteiger partial charge is 0.306 e. The summed E-state index contributed by atoms with van der Waals surface area (Å²) < 4.78 is 5.32. The lowest BCUT2D eigenvalue weighted by molar-refractivity contribution is -0.142. The summed E-state index contributed by atoms with van der Waals surface area (Å²) in [5.41, 5.74) is 4.15. The number of hydrogen-bond acceptors (Lipinski definition) is 2. The summed E-state index contributed by atoms with van der Waals surface area (Å²) in [5.74, 6) is -0.0531. The van der Waals surface area contributed by atoms with Gasteiger partial charge in [0.25, 0.3) is 0 Å². The third kappa shape index (κ3) is 19.3. The van der Waals surface area contributed by atoms with Crippen molar-refractivity contribution in [2.24, 2.45) is 0 Å². The highest BCUT2D eigenvalue weighted by molar-refractivity contribution is 5.69. The van der Waals surface area contributed by atoms with Crippen LogP contribution >= 0.6 is 0 Å². The lowest BCUT2D eigenvalue weighted by Gasteiger charge is -2.04. The van der Waals surface area contributed by atoms with Crippen LogP contribution in [0.15, 0.2) is 34.9 Å². The molecule has 0 heterocycles. The molecule has 0 radical (unpaired) electrons. The zero-order valence-corrected chi connectivity index (χ0v) is 18.7. The molecular formula is C25H44O2. The van der Waals surface area contributed by atoms with Gasteiger partial charge in [-0.1, -0.05) is 74.3 Å². The zero-order valence-electron chi connectivity index (χ0n) is 18.7. The normalized spacial score (nSPS) is 12.2. The Kier molecular flexibility index (Phi) is 17.2. The Labute approximate surface area is 169 Å². The summed E-state index contributed by atoms with van der Waals surface area (Å²) in [4.78, 5) is 11.7. The fourth-order valence-corrected chi connectivity index (χ4v) is 2.91. The monoisotopic (exact) mass is 376 g/mol. The van der Waals surface area contributed by atoms with Crippen LogP contribution < -0.4 is 0 Å². The molecule has 0 bridgehead atoms. The minimum absolute atomic E-state index is 0.0531. The molecule has 0 aromatic carbocycles. The van der Waals surface area contributed by atoms with E-state index in [9.17, 15) is 4.79 Å². The van der Waals surface area contributed by atoms with Crippen LogP contribution in [0.1, 0.15) is 112 Å². The predicted octanol–water partition coefficient (Wildman–Crippen LogP) is 8.09. The third-order valence-corrected chi connectivity index (χ3v) is 4.78. The van der Waals surface area contributed by atoms with Crippen LogP contribution in [-0.4, -0.2) is 12.6 Å². The van der Waals surface area contributed by atoms with Crippen LogP contribution in [0.2, 0.25) is 0 Å². The molecule has 0 aromatic rings. The summed E-state index contributed by atoms with van der Waals surface area (Å²) in [6, 6.07) is 0. The zero-order chi connectivity index (χ0) is 20.3. The van der Waals surface area contributed by atoms with Gasteiger partial charge in [-0.25, -0.2) is 0 Å². The van der Waals surface area contributed by atoms with E-state index in [2.05, 4.69) is 52.8 Å². The highest BCUT2D eigenvalue weighted by Crippen LogP contribution is 2.12. The maximum absolute atomic E-state index is 11.7. The summed E-state index contributed by atoms with van der Waals surface area (Å²) >= 11 is 0. The van der Waals surface area contributed by atoms with Gasteiger partial charge >= 0.3 is 5.97 Å². The molecule has 0 aliphatic carbocycles. The maximum atomic E-state index is 11.7. The Balaban J connectivity index is 3.73. The van der Waals surface area contributed by atoms with Crippen molar-refractivity contribution in [2.75, 3.05) is 6.61 Å². The van der Waals surface area contributed by atoms with Gasteiger partial charge in [-0.2, -0.15) is 0 Å². The average molecular weight is 377 g/mol. The predicted molar refractivity (Wildman–Crippen MR) is 119 cm³/mol.